The first-order valence-corrected chi connectivity index (χ1v) is 5.88. The Morgan fingerprint density at radius 3 is 2.67 bits per heavy atom. The lowest BCUT2D eigenvalue weighted by atomic mass is 10.1. The van der Waals surface area contributed by atoms with E-state index in [9.17, 15) is 4.79 Å². The molecule has 100 valence electrons. The maximum Gasteiger partial charge on any atom is 0.238 e. The average Bonchev–Trinajstić information content (AvgIpc) is 2.39. The van der Waals surface area contributed by atoms with Gasteiger partial charge in [0.15, 0.2) is 11.5 Å². The summed E-state index contributed by atoms with van der Waals surface area (Å²) in [7, 11) is 3.25. The number of nitrogens with one attached hydrogen (secondary N) is 1. The number of hydrogen-bond acceptors (Lipinski definition) is 4. The van der Waals surface area contributed by atoms with Crippen LogP contribution in [0.2, 0.25) is 0 Å². The van der Waals surface area contributed by atoms with E-state index in [0.29, 0.717) is 11.5 Å². The molecule has 0 bridgehead atoms. The Hall–Kier alpha value is -1.75. The summed E-state index contributed by atoms with van der Waals surface area (Å²) in [4.78, 5) is 11.1. The molecular weight excluding hydrogens is 232 g/mol. The predicted molar refractivity (Wildman–Crippen MR) is 69.9 cm³/mol. The van der Waals surface area contributed by atoms with Crippen molar-refractivity contribution in [1.82, 2.24) is 5.32 Å². The van der Waals surface area contributed by atoms with Crippen LogP contribution >= 0.6 is 0 Å². The Balaban J connectivity index is 2.75. The summed E-state index contributed by atoms with van der Waals surface area (Å²) in [6.45, 7) is 2.24. The van der Waals surface area contributed by atoms with Crippen LogP contribution in [0.4, 0.5) is 0 Å². The number of carbonyl (C=O) groups excluding carboxylic acids is 1. The van der Waals surface area contributed by atoms with Gasteiger partial charge in [0, 0.05) is 0 Å². The molecule has 5 heteroatoms. The van der Waals surface area contributed by atoms with Gasteiger partial charge in [-0.2, -0.15) is 0 Å². The van der Waals surface area contributed by atoms with Gasteiger partial charge in [-0.25, -0.2) is 0 Å². The predicted octanol–water partition coefficient (Wildman–Crippen LogP) is 0.710. The first-order chi connectivity index (χ1) is 8.62. The van der Waals surface area contributed by atoms with Gasteiger partial charge < -0.3 is 20.5 Å². The number of amides is 1. The molecule has 1 rings (SSSR count). The second-order valence-electron chi connectivity index (χ2n) is 3.89. The number of primary amides is 1. The molecule has 0 aliphatic heterocycles. The van der Waals surface area contributed by atoms with Crippen molar-refractivity contribution >= 4 is 5.91 Å². The fourth-order valence-electron chi connectivity index (χ4n) is 1.53. The highest BCUT2D eigenvalue weighted by Crippen LogP contribution is 2.28. The van der Waals surface area contributed by atoms with E-state index in [4.69, 9.17) is 15.2 Å². The van der Waals surface area contributed by atoms with Gasteiger partial charge in [0.05, 0.1) is 7.11 Å². The van der Waals surface area contributed by atoms with Crippen LogP contribution in [0.25, 0.3) is 0 Å². The summed E-state index contributed by atoms with van der Waals surface area (Å²) in [5.74, 6) is 0.825. The van der Waals surface area contributed by atoms with Crippen molar-refractivity contribution in [3.63, 3.8) is 0 Å². The molecule has 0 aromatic heterocycles. The summed E-state index contributed by atoms with van der Waals surface area (Å²) < 4.78 is 10.8. The van der Waals surface area contributed by atoms with Gasteiger partial charge >= 0.3 is 0 Å². The summed E-state index contributed by atoms with van der Waals surface area (Å²) in [5, 5.41) is 2.79. The molecule has 0 aliphatic carbocycles. The third kappa shape index (κ3) is 3.63. The number of carbonyl (C=O) groups is 1. The van der Waals surface area contributed by atoms with Crippen LogP contribution in [0.1, 0.15) is 12.5 Å². The van der Waals surface area contributed by atoms with Gasteiger partial charge in [-0.15, -0.1) is 0 Å². The van der Waals surface area contributed by atoms with Crippen molar-refractivity contribution in [1.29, 1.82) is 0 Å². The molecule has 1 unspecified atom stereocenters. The van der Waals surface area contributed by atoms with E-state index in [0.717, 1.165) is 6.42 Å². The number of rotatable bonds is 7. The SMILES string of the molecule is CCc1ccc(OCC(NC)C(N)=O)c(OC)c1. The van der Waals surface area contributed by atoms with E-state index >= 15 is 0 Å². The highest BCUT2D eigenvalue weighted by Gasteiger charge is 2.14. The number of likely N-dealkylation sites (N-methyl/N-ethyl adjacent to an activating group) is 1. The Labute approximate surface area is 107 Å². The smallest absolute Gasteiger partial charge is 0.238 e. The van der Waals surface area contributed by atoms with Crippen molar-refractivity contribution < 1.29 is 14.3 Å². The zero-order valence-corrected chi connectivity index (χ0v) is 11.0. The van der Waals surface area contributed by atoms with E-state index < -0.39 is 11.9 Å². The number of aryl methyl sites for hydroxylation is 1. The molecule has 5 nitrogen and oxygen atoms in total. The van der Waals surface area contributed by atoms with Crippen LogP contribution in [0.3, 0.4) is 0 Å². The first-order valence-electron chi connectivity index (χ1n) is 5.88. The highest BCUT2D eigenvalue weighted by atomic mass is 16.5. The van der Waals surface area contributed by atoms with E-state index in [1.165, 1.54) is 5.56 Å². The summed E-state index contributed by atoms with van der Waals surface area (Å²) in [6, 6.07) is 5.22. The zero-order valence-electron chi connectivity index (χ0n) is 11.0. The molecule has 1 amide bonds. The van der Waals surface area contributed by atoms with E-state index in [-0.39, 0.29) is 6.61 Å². The maximum absolute atomic E-state index is 11.1. The molecule has 1 aromatic rings. The lowest BCUT2D eigenvalue weighted by Crippen LogP contribution is -2.43. The lowest BCUT2D eigenvalue weighted by Gasteiger charge is -2.16. The normalized spacial score (nSPS) is 11.9. The topological polar surface area (TPSA) is 73.6 Å². The molecule has 18 heavy (non-hydrogen) atoms. The zero-order chi connectivity index (χ0) is 13.5. The van der Waals surface area contributed by atoms with Crippen molar-refractivity contribution in [3.8, 4) is 11.5 Å². The summed E-state index contributed by atoms with van der Waals surface area (Å²) in [6.07, 6.45) is 0.928. The van der Waals surface area contributed by atoms with E-state index in [2.05, 4.69) is 12.2 Å². The average molecular weight is 252 g/mol. The Morgan fingerprint density at radius 1 is 1.44 bits per heavy atom. The van der Waals surface area contributed by atoms with Crippen molar-refractivity contribution in [2.24, 2.45) is 5.73 Å². The van der Waals surface area contributed by atoms with Gasteiger partial charge in [0.1, 0.15) is 12.6 Å². The fourth-order valence-corrected chi connectivity index (χ4v) is 1.53. The molecule has 0 heterocycles. The fraction of sp³-hybridized carbons (Fsp3) is 0.462. The van der Waals surface area contributed by atoms with Gasteiger partial charge in [0.25, 0.3) is 0 Å². The maximum atomic E-state index is 11.1. The van der Waals surface area contributed by atoms with Crippen LogP contribution in [-0.2, 0) is 11.2 Å². The lowest BCUT2D eigenvalue weighted by molar-refractivity contribution is -0.120. The summed E-state index contributed by atoms with van der Waals surface area (Å²) >= 11 is 0. The van der Waals surface area contributed by atoms with Crippen LogP contribution in [0.15, 0.2) is 18.2 Å². The van der Waals surface area contributed by atoms with Crippen molar-refractivity contribution in [2.75, 3.05) is 20.8 Å². The monoisotopic (exact) mass is 252 g/mol. The second kappa shape index (κ2) is 6.86. The summed E-state index contributed by atoms with van der Waals surface area (Å²) in [5.41, 5.74) is 6.38. The van der Waals surface area contributed by atoms with E-state index in [1.54, 1.807) is 14.2 Å². The molecule has 0 aliphatic rings. The first kappa shape index (κ1) is 14.3. The number of benzene rings is 1. The minimum absolute atomic E-state index is 0.174. The van der Waals surface area contributed by atoms with Crippen molar-refractivity contribution in [2.45, 2.75) is 19.4 Å². The molecule has 0 fully saturated rings. The number of hydrogen-bond donors (Lipinski definition) is 2. The highest BCUT2D eigenvalue weighted by molar-refractivity contribution is 5.80. The van der Waals surface area contributed by atoms with Crippen LogP contribution in [-0.4, -0.2) is 32.7 Å². The Bertz CT molecular complexity index is 407. The molecule has 0 saturated carbocycles. The van der Waals surface area contributed by atoms with E-state index in [1.807, 2.05) is 18.2 Å². The Morgan fingerprint density at radius 2 is 2.17 bits per heavy atom. The van der Waals surface area contributed by atoms with Crippen LogP contribution in [0.5, 0.6) is 11.5 Å². The molecule has 0 spiro atoms. The molecule has 0 radical (unpaired) electrons. The van der Waals surface area contributed by atoms with Crippen molar-refractivity contribution in [3.05, 3.63) is 23.8 Å². The van der Waals surface area contributed by atoms with Gasteiger partial charge in [-0.05, 0) is 31.2 Å². The minimum atomic E-state index is -0.513. The number of methoxy groups -OCH3 is 1. The van der Waals surface area contributed by atoms with Gasteiger partial charge in [-0.3, -0.25) is 4.79 Å². The van der Waals surface area contributed by atoms with Crippen LogP contribution < -0.4 is 20.5 Å². The molecule has 0 saturated heterocycles. The standard InChI is InChI=1S/C13H20N2O3/c1-4-9-5-6-11(12(7-9)17-3)18-8-10(15-2)13(14)16/h5-7,10,15H,4,8H2,1-3H3,(H2,14,16). The second-order valence-corrected chi connectivity index (χ2v) is 3.89. The third-order valence-corrected chi connectivity index (χ3v) is 2.73. The molecule has 1 aromatic carbocycles. The van der Waals surface area contributed by atoms with Crippen LogP contribution in [0, 0.1) is 0 Å². The molecular formula is C13H20N2O3. The molecule has 1 atom stereocenters. The number of nitrogens with two attached hydrogens (primary N) is 1. The minimum Gasteiger partial charge on any atom is -0.493 e. The molecule has 3 N–H and O–H groups in total. The van der Waals surface area contributed by atoms with Gasteiger partial charge in [-0.1, -0.05) is 13.0 Å². The third-order valence-electron chi connectivity index (χ3n) is 2.73. The number of ether oxygens (including phenoxy) is 2. The van der Waals surface area contributed by atoms with Gasteiger partial charge in [0.2, 0.25) is 5.91 Å². The largest absolute Gasteiger partial charge is 0.493 e. The Kier molecular flexibility index (Phi) is 5.45. The quantitative estimate of drug-likeness (QED) is 0.749.